The number of aliphatic hydroxyl groups is 1. The molecular formula is C27H25FN2O5. The lowest BCUT2D eigenvalue weighted by Gasteiger charge is -2.26. The number of halogens is 1. The molecule has 1 N–H and O–H groups in total. The number of methoxy groups -OCH3 is 2. The highest BCUT2D eigenvalue weighted by Crippen LogP contribution is 2.44. The number of Topliss-reactive ketones (excluding diaryl/α,β-unsaturated/α-hetero) is 1. The Hall–Kier alpha value is -4.33. The Balaban J connectivity index is 1.93. The fourth-order valence-corrected chi connectivity index (χ4v) is 4.11. The van der Waals surface area contributed by atoms with Gasteiger partial charge < -0.3 is 19.5 Å². The van der Waals surface area contributed by atoms with Crippen LogP contribution in [0.1, 0.15) is 17.2 Å². The lowest BCUT2D eigenvalue weighted by molar-refractivity contribution is -0.132. The van der Waals surface area contributed by atoms with E-state index in [2.05, 4.69) is 0 Å². The molecule has 35 heavy (non-hydrogen) atoms. The van der Waals surface area contributed by atoms with Crippen molar-refractivity contribution in [3.63, 3.8) is 0 Å². The first-order chi connectivity index (χ1) is 16.8. The molecule has 3 aromatic rings. The molecule has 0 saturated carbocycles. The number of hydrogen-bond acceptors (Lipinski definition) is 6. The maximum absolute atomic E-state index is 13.5. The number of hydrogen-bond donors (Lipinski definition) is 1. The summed E-state index contributed by atoms with van der Waals surface area (Å²) in [4.78, 5) is 29.8. The van der Waals surface area contributed by atoms with Crippen LogP contribution in [0.5, 0.6) is 11.5 Å². The van der Waals surface area contributed by atoms with E-state index in [0.29, 0.717) is 22.7 Å². The van der Waals surface area contributed by atoms with Gasteiger partial charge in [-0.25, -0.2) is 4.39 Å². The molecule has 0 aromatic heterocycles. The van der Waals surface area contributed by atoms with Crippen LogP contribution < -0.4 is 19.3 Å². The van der Waals surface area contributed by atoms with Gasteiger partial charge in [-0.05, 0) is 54.1 Å². The Labute approximate surface area is 202 Å². The summed E-state index contributed by atoms with van der Waals surface area (Å²) in [7, 11) is 6.78. The van der Waals surface area contributed by atoms with Crippen LogP contribution >= 0.6 is 0 Å². The molecular weight excluding hydrogens is 451 g/mol. The number of ether oxygens (including phenoxy) is 2. The zero-order chi connectivity index (χ0) is 25.3. The van der Waals surface area contributed by atoms with Gasteiger partial charge in [0.15, 0.2) is 11.5 Å². The zero-order valence-electron chi connectivity index (χ0n) is 19.8. The number of benzene rings is 3. The molecule has 0 spiro atoms. The Morgan fingerprint density at radius 1 is 0.914 bits per heavy atom. The van der Waals surface area contributed by atoms with Gasteiger partial charge in [-0.1, -0.05) is 12.1 Å². The van der Waals surface area contributed by atoms with Crippen molar-refractivity contribution >= 4 is 28.8 Å². The highest BCUT2D eigenvalue weighted by atomic mass is 19.1. The molecule has 8 heteroatoms. The third-order valence-corrected chi connectivity index (χ3v) is 5.93. The first kappa shape index (κ1) is 23.8. The summed E-state index contributed by atoms with van der Waals surface area (Å²) in [5.74, 6) is -1.67. The van der Waals surface area contributed by atoms with Crippen LogP contribution in [0.4, 0.5) is 15.8 Å². The highest BCUT2D eigenvalue weighted by molar-refractivity contribution is 6.51. The van der Waals surface area contributed by atoms with Crippen molar-refractivity contribution in [3.05, 3.63) is 89.2 Å². The Bertz CT molecular complexity index is 1300. The van der Waals surface area contributed by atoms with Gasteiger partial charge >= 0.3 is 0 Å². The number of amides is 1. The van der Waals surface area contributed by atoms with Crippen molar-refractivity contribution in [3.8, 4) is 11.5 Å². The smallest absolute Gasteiger partial charge is 0.300 e. The number of ketones is 1. The summed E-state index contributed by atoms with van der Waals surface area (Å²) in [6.45, 7) is 0. The summed E-state index contributed by atoms with van der Waals surface area (Å²) >= 11 is 0. The van der Waals surface area contributed by atoms with E-state index in [1.165, 1.54) is 43.4 Å². The predicted molar refractivity (Wildman–Crippen MR) is 131 cm³/mol. The molecule has 0 aliphatic carbocycles. The number of rotatable bonds is 6. The lowest BCUT2D eigenvalue weighted by Crippen LogP contribution is -2.29. The number of nitrogens with zero attached hydrogens (tertiary/aromatic N) is 2. The van der Waals surface area contributed by atoms with Crippen molar-refractivity contribution in [2.45, 2.75) is 6.04 Å². The van der Waals surface area contributed by atoms with Crippen molar-refractivity contribution in [1.29, 1.82) is 0 Å². The van der Waals surface area contributed by atoms with Gasteiger partial charge in [-0.3, -0.25) is 14.5 Å². The van der Waals surface area contributed by atoms with Gasteiger partial charge in [0.05, 0.1) is 25.8 Å². The molecule has 1 heterocycles. The highest BCUT2D eigenvalue weighted by Gasteiger charge is 2.47. The van der Waals surface area contributed by atoms with E-state index in [0.717, 1.165) is 5.69 Å². The van der Waals surface area contributed by atoms with Crippen molar-refractivity contribution in [1.82, 2.24) is 0 Å². The molecule has 4 rings (SSSR count). The third-order valence-electron chi connectivity index (χ3n) is 5.93. The van der Waals surface area contributed by atoms with Crippen molar-refractivity contribution in [2.24, 2.45) is 0 Å². The van der Waals surface area contributed by atoms with Crippen LogP contribution in [0.25, 0.3) is 5.76 Å². The van der Waals surface area contributed by atoms with E-state index >= 15 is 0 Å². The molecule has 7 nitrogen and oxygen atoms in total. The first-order valence-corrected chi connectivity index (χ1v) is 10.8. The van der Waals surface area contributed by atoms with Crippen molar-refractivity contribution < 1.29 is 28.6 Å². The number of aliphatic hydroxyl groups excluding tert-OH is 1. The van der Waals surface area contributed by atoms with E-state index in [4.69, 9.17) is 9.47 Å². The molecule has 1 saturated heterocycles. The average molecular weight is 477 g/mol. The predicted octanol–water partition coefficient (Wildman–Crippen LogP) is 4.54. The first-order valence-electron chi connectivity index (χ1n) is 10.8. The minimum Gasteiger partial charge on any atom is -0.507 e. The molecule has 1 atom stereocenters. The van der Waals surface area contributed by atoms with E-state index in [1.807, 2.05) is 31.1 Å². The second-order valence-corrected chi connectivity index (χ2v) is 8.20. The second kappa shape index (κ2) is 9.50. The summed E-state index contributed by atoms with van der Waals surface area (Å²) in [6, 6.07) is 16.4. The van der Waals surface area contributed by atoms with Gasteiger partial charge in [0, 0.05) is 37.1 Å². The largest absolute Gasteiger partial charge is 0.507 e. The van der Waals surface area contributed by atoms with Crippen molar-refractivity contribution in [2.75, 3.05) is 38.1 Å². The molecule has 3 aromatic carbocycles. The fourth-order valence-electron chi connectivity index (χ4n) is 4.11. The van der Waals surface area contributed by atoms with Crippen LogP contribution in [0.3, 0.4) is 0 Å². The molecule has 1 amide bonds. The summed E-state index contributed by atoms with van der Waals surface area (Å²) in [5, 5.41) is 11.1. The molecule has 180 valence electrons. The van der Waals surface area contributed by atoms with E-state index < -0.39 is 23.5 Å². The maximum atomic E-state index is 13.5. The number of carbonyl (C=O) groups is 2. The number of carbonyl (C=O) groups excluding carboxylic acids is 2. The monoisotopic (exact) mass is 476 g/mol. The summed E-state index contributed by atoms with van der Waals surface area (Å²) in [6.07, 6.45) is 0. The van der Waals surface area contributed by atoms with Crippen LogP contribution in [-0.4, -0.2) is 45.1 Å². The van der Waals surface area contributed by atoms with Gasteiger partial charge in [0.25, 0.3) is 11.7 Å². The SMILES string of the molecule is COc1ccc(N2C(=O)C(=O)/C(=C(/O)c3ccc(F)cc3)C2c2ccc(N(C)C)cc2)cc1OC. The standard InChI is InChI=1S/C27H25FN2O5/c1-29(2)19-11-7-16(8-12-19)24-23(25(31)17-5-9-18(28)10-6-17)26(32)27(33)30(24)20-13-14-21(34-3)22(15-20)35-4/h5-15,24,31H,1-4H3/b25-23+. The molecule has 1 aliphatic heterocycles. The molecule has 0 radical (unpaired) electrons. The van der Waals surface area contributed by atoms with Crippen LogP contribution in [0, 0.1) is 5.82 Å². The zero-order valence-corrected chi connectivity index (χ0v) is 19.8. The van der Waals surface area contributed by atoms with Gasteiger partial charge in [-0.2, -0.15) is 0 Å². The van der Waals surface area contributed by atoms with Gasteiger partial charge in [0.2, 0.25) is 0 Å². The fraction of sp³-hybridized carbons (Fsp3) is 0.185. The molecule has 1 aliphatic rings. The normalized spacial score (nSPS) is 16.9. The molecule has 0 bridgehead atoms. The van der Waals surface area contributed by atoms with E-state index in [-0.39, 0.29) is 16.9 Å². The number of anilines is 2. The van der Waals surface area contributed by atoms with E-state index in [1.54, 1.807) is 30.3 Å². The van der Waals surface area contributed by atoms with Crippen LogP contribution in [0.2, 0.25) is 0 Å². The van der Waals surface area contributed by atoms with E-state index in [9.17, 15) is 19.1 Å². The minimum absolute atomic E-state index is 0.0889. The quantitative estimate of drug-likeness (QED) is 0.320. The second-order valence-electron chi connectivity index (χ2n) is 8.20. The maximum Gasteiger partial charge on any atom is 0.300 e. The van der Waals surface area contributed by atoms with Gasteiger partial charge in [-0.15, -0.1) is 0 Å². The Morgan fingerprint density at radius 2 is 1.54 bits per heavy atom. The average Bonchev–Trinajstić information content (AvgIpc) is 3.13. The summed E-state index contributed by atoms with van der Waals surface area (Å²) < 4.78 is 24.2. The molecule has 1 unspecified atom stereocenters. The topological polar surface area (TPSA) is 79.3 Å². The Morgan fingerprint density at radius 3 is 2.11 bits per heavy atom. The lowest BCUT2D eigenvalue weighted by atomic mass is 9.95. The molecule has 1 fully saturated rings. The van der Waals surface area contributed by atoms with Crippen LogP contribution in [0.15, 0.2) is 72.3 Å². The Kier molecular flexibility index (Phi) is 6.46. The minimum atomic E-state index is -0.922. The summed E-state index contributed by atoms with van der Waals surface area (Å²) in [5.41, 5.74) is 2.08. The third kappa shape index (κ3) is 4.30. The van der Waals surface area contributed by atoms with Crippen LogP contribution in [-0.2, 0) is 9.59 Å². The van der Waals surface area contributed by atoms with Gasteiger partial charge in [0.1, 0.15) is 11.6 Å².